The van der Waals surface area contributed by atoms with Crippen LogP contribution >= 0.6 is 0 Å². The average molecular weight is 255 g/mol. The zero-order valence-electron chi connectivity index (χ0n) is 10.4. The van der Waals surface area contributed by atoms with Gasteiger partial charge in [0.2, 0.25) is 0 Å². The summed E-state index contributed by atoms with van der Waals surface area (Å²) < 4.78 is 12.9. The van der Waals surface area contributed by atoms with Crippen LogP contribution in [0.25, 0.3) is 0 Å². The van der Waals surface area contributed by atoms with Crippen molar-refractivity contribution < 1.29 is 9.18 Å². The minimum atomic E-state index is -0.317. The fourth-order valence-corrected chi connectivity index (χ4v) is 2.56. The van der Waals surface area contributed by atoms with E-state index in [2.05, 4.69) is 5.32 Å². The fourth-order valence-electron chi connectivity index (χ4n) is 2.56. The highest BCUT2D eigenvalue weighted by Crippen LogP contribution is 2.33. The van der Waals surface area contributed by atoms with E-state index in [1.54, 1.807) is 12.1 Å². The lowest BCUT2D eigenvalue weighted by atomic mass is 9.85. The molecule has 1 atom stereocenters. The lowest BCUT2D eigenvalue weighted by molar-refractivity contribution is 0.0955. The molecule has 0 bridgehead atoms. The zero-order valence-corrected chi connectivity index (χ0v) is 10.4. The molecule has 1 N–H and O–H groups in total. The van der Waals surface area contributed by atoms with Gasteiger partial charge in [0.05, 0.1) is 5.92 Å². The summed E-state index contributed by atoms with van der Waals surface area (Å²) in [5.41, 5.74) is 2.63. The molecule has 19 heavy (non-hydrogen) atoms. The predicted octanol–water partition coefficient (Wildman–Crippen LogP) is 3.61. The smallest absolute Gasteiger partial charge is 0.170 e. The van der Waals surface area contributed by atoms with Crippen LogP contribution in [0.1, 0.15) is 28.3 Å². The molecule has 1 unspecified atom stereocenters. The summed E-state index contributed by atoms with van der Waals surface area (Å²) in [6.07, 6.45) is 0.771. The molecule has 0 radical (unpaired) electrons. The summed E-state index contributed by atoms with van der Waals surface area (Å²) in [4.78, 5) is 12.5. The Bertz CT molecular complexity index is 606. The maximum Gasteiger partial charge on any atom is 0.170 e. The van der Waals surface area contributed by atoms with Crippen molar-refractivity contribution in [1.29, 1.82) is 0 Å². The summed E-state index contributed by atoms with van der Waals surface area (Å²) >= 11 is 0. The van der Waals surface area contributed by atoms with Crippen LogP contribution in [0.15, 0.2) is 48.5 Å². The topological polar surface area (TPSA) is 29.1 Å². The largest absolute Gasteiger partial charge is 0.385 e. The third-order valence-corrected chi connectivity index (χ3v) is 3.53. The Kier molecular flexibility index (Phi) is 3.03. The van der Waals surface area contributed by atoms with E-state index in [0.717, 1.165) is 24.2 Å². The van der Waals surface area contributed by atoms with E-state index in [1.807, 2.05) is 24.3 Å². The molecule has 0 saturated heterocycles. The average Bonchev–Trinajstić information content (AvgIpc) is 2.47. The molecule has 0 fully saturated rings. The van der Waals surface area contributed by atoms with Gasteiger partial charge in [0.25, 0.3) is 0 Å². The SMILES string of the molecule is O=C(c1ccc(F)cc1)C1CCNc2ccccc21. The summed E-state index contributed by atoms with van der Waals surface area (Å²) in [5, 5.41) is 3.30. The highest BCUT2D eigenvalue weighted by atomic mass is 19.1. The van der Waals surface area contributed by atoms with Gasteiger partial charge in [-0.05, 0) is 42.3 Å². The van der Waals surface area contributed by atoms with E-state index in [9.17, 15) is 9.18 Å². The van der Waals surface area contributed by atoms with Crippen LogP contribution in [-0.4, -0.2) is 12.3 Å². The van der Waals surface area contributed by atoms with Gasteiger partial charge in [0.15, 0.2) is 5.78 Å². The Morgan fingerprint density at radius 3 is 2.63 bits per heavy atom. The molecule has 0 spiro atoms. The third-order valence-electron chi connectivity index (χ3n) is 3.53. The van der Waals surface area contributed by atoms with Gasteiger partial charge in [-0.15, -0.1) is 0 Å². The van der Waals surface area contributed by atoms with Gasteiger partial charge in [-0.1, -0.05) is 18.2 Å². The summed E-state index contributed by atoms with van der Waals surface area (Å²) in [6, 6.07) is 13.6. The van der Waals surface area contributed by atoms with Crippen molar-refractivity contribution in [3.8, 4) is 0 Å². The molecule has 0 aromatic heterocycles. The van der Waals surface area contributed by atoms with Crippen molar-refractivity contribution in [1.82, 2.24) is 0 Å². The number of hydrogen-bond acceptors (Lipinski definition) is 2. The summed E-state index contributed by atoms with van der Waals surface area (Å²) in [7, 11) is 0. The van der Waals surface area contributed by atoms with E-state index < -0.39 is 0 Å². The first-order chi connectivity index (χ1) is 9.25. The number of carbonyl (C=O) groups is 1. The number of ketones is 1. The van der Waals surface area contributed by atoms with E-state index in [-0.39, 0.29) is 17.5 Å². The third kappa shape index (κ3) is 2.24. The molecule has 0 saturated carbocycles. The number of Topliss-reactive ketones (excluding diaryl/α,β-unsaturated/α-hetero) is 1. The lowest BCUT2D eigenvalue weighted by Gasteiger charge is -2.25. The normalized spacial score (nSPS) is 17.4. The molecule has 2 aromatic rings. The molecular weight excluding hydrogens is 241 g/mol. The summed E-state index contributed by atoms with van der Waals surface area (Å²) in [6.45, 7) is 0.786. The fraction of sp³-hybridized carbons (Fsp3) is 0.188. The number of nitrogens with one attached hydrogen (secondary N) is 1. The molecule has 1 aliphatic heterocycles. The van der Waals surface area contributed by atoms with Gasteiger partial charge in [-0.25, -0.2) is 4.39 Å². The van der Waals surface area contributed by atoms with Crippen LogP contribution in [0.5, 0.6) is 0 Å². The minimum absolute atomic E-state index is 0.0638. The second kappa shape index (κ2) is 4.84. The lowest BCUT2D eigenvalue weighted by Crippen LogP contribution is -2.23. The van der Waals surface area contributed by atoms with E-state index in [0.29, 0.717) is 5.56 Å². The molecular formula is C16H14FNO. The number of anilines is 1. The van der Waals surface area contributed by atoms with Crippen LogP contribution in [0.4, 0.5) is 10.1 Å². The van der Waals surface area contributed by atoms with Gasteiger partial charge >= 0.3 is 0 Å². The molecule has 3 rings (SSSR count). The molecule has 1 heterocycles. The van der Waals surface area contributed by atoms with E-state index >= 15 is 0 Å². The molecule has 1 aliphatic rings. The van der Waals surface area contributed by atoms with Gasteiger partial charge in [0, 0.05) is 17.8 Å². The van der Waals surface area contributed by atoms with Gasteiger partial charge in [-0.2, -0.15) is 0 Å². The Morgan fingerprint density at radius 2 is 1.84 bits per heavy atom. The molecule has 0 amide bonds. The van der Waals surface area contributed by atoms with Gasteiger partial charge < -0.3 is 5.32 Å². The van der Waals surface area contributed by atoms with Crippen LogP contribution in [-0.2, 0) is 0 Å². The van der Waals surface area contributed by atoms with Crippen molar-refractivity contribution in [3.05, 3.63) is 65.5 Å². The van der Waals surface area contributed by atoms with Crippen molar-refractivity contribution in [2.45, 2.75) is 12.3 Å². The van der Waals surface area contributed by atoms with Gasteiger partial charge in [0.1, 0.15) is 5.82 Å². The quantitative estimate of drug-likeness (QED) is 0.831. The Morgan fingerprint density at radius 1 is 1.11 bits per heavy atom. The molecule has 2 aromatic carbocycles. The Hall–Kier alpha value is -2.16. The van der Waals surface area contributed by atoms with Crippen molar-refractivity contribution in [2.75, 3.05) is 11.9 Å². The first-order valence-electron chi connectivity index (χ1n) is 6.38. The number of para-hydroxylation sites is 1. The molecule has 0 aliphatic carbocycles. The van der Waals surface area contributed by atoms with Gasteiger partial charge in [-0.3, -0.25) is 4.79 Å². The van der Waals surface area contributed by atoms with E-state index in [1.165, 1.54) is 12.1 Å². The number of rotatable bonds is 2. The highest BCUT2D eigenvalue weighted by Gasteiger charge is 2.26. The molecule has 2 nitrogen and oxygen atoms in total. The van der Waals surface area contributed by atoms with Crippen LogP contribution in [0.2, 0.25) is 0 Å². The standard InChI is InChI=1S/C16H14FNO/c17-12-7-5-11(6-8-12)16(19)14-9-10-18-15-4-2-1-3-13(14)15/h1-8,14,18H,9-10H2. The van der Waals surface area contributed by atoms with Crippen molar-refractivity contribution in [2.24, 2.45) is 0 Å². The first kappa shape index (κ1) is 11.9. The monoisotopic (exact) mass is 255 g/mol. The predicted molar refractivity (Wildman–Crippen MR) is 73.0 cm³/mol. The summed E-state index contributed by atoms with van der Waals surface area (Å²) in [5.74, 6) is -0.390. The van der Waals surface area contributed by atoms with Crippen LogP contribution in [0.3, 0.4) is 0 Å². The maximum absolute atomic E-state index is 12.9. The number of halogens is 1. The van der Waals surface area contributed by atoms with Crippen LogP contribution < -0.4 is 5.32 Å². The first-order valence-corrected chi connectivity index (χ1v) is 6.38. The Labute approximate surface area is 111 Å². The number of benzene rings is 2. The highest BCUT2D eigenvalue weighted by molar-refractivity contribution is 6.02. The number of fused-ring (bicyclic) bond motifs is 1. The second-order valence-corrected chi connectivity index (χ2v) is 4.73. The second-order valence-electron chi connectivity index (χ2n) is 4.73. The molecule has 96 valence electrons. The molecule has 3 heteroatoms. The van der Waals surface area contributed by atoms with Crippen molar-refractivity contribution >= 4 is 11.5 Å². The Balaban J connectivity index is 1.95. The van der Waals surface area contributed by atoms with E-state index in [4.69, 9.17) is 0 Å². The zero-order chi connectivity index (χ0) is 13.2. The number of carbonyl (C=O) groups excluding carboxylic acids is 1. The van der Waals surface area contributed by atoms with Crippen molar-refractivity contribution in [3.63, 3.8) is 0 Å². The van der Waals surface area contributed by atoms with Crippen LogP contribution in [0, 0.1) is 5.82 Å². The number of hydrogen-bond donors (Lipinski definition) is 1. The minimum Gasteiger partial charge on any atom is -0.385 e. The maximum atomic E-state index is 12.9.